The van der Waals surface area contributed by atoms with Gasteiger partial charge in [0.25, 0.3) is 5.69 Å². The van der Waals surface area contributed by atoms with E-state index in [0.717, 1.165) is 0 Å². The Hall–Kier alpha value is -2.14. The van der Waals surface area contributed by atoms with E-state index >= 15 is 0 Å². The normalized spacial score (nSPS) is 10.9. The topological polar surface area (TPSA) is 84.0 Å². The highest BCUT2D eigenvalue weighted by Gasteiger charge is 2.38. The van der Waals surface area contributed by atoms with Gasteiger partial charge in [-0.3, -0.25) is 14.9 Å². The molecule has 0 spiro atoms. The molecular formula is C10H4ClF3N2O3. The summed E-state index contributed by atoms with van der Waals surface area (Å²) in [4.78, 5) is 21.0. The molecule has 1 rings (SSSR count). The lowest BCUT2D eigenvalue weighted by Crippen LogP contribution is -2.16. The summed E-state index contributed by atoms with van der Waals surface area (Å²) in [5.41, 5.74) is -4.30. The summed E-state index contributed by atoms with van der Waals surface area (Å²) in [5.74, 6) is -2.02. The zero-order valence-electron chi connectivity index (χ0n) is 8.99. The van der Waals surface area contributed by atoms with Gasteiger partial charge in [-0.25, -0.2) is 0 Å². The number of rotatable bonds is 3. The first kappa shape index (κ1) is 14.9. The number of nitro benzene ring substituents is 1. The molecule has 0 unspecified atom stereocenters. The molecule has 19 heavy (non-hydrogen) atoms. The van der Waals surface area contributed by atoms with E-state index in [1.165, 1.54) is 6.07 Å². The summed E-state index contributed by atoms with van der Waals surface area (Å²) in [6, 6.07) is 2.17. The molecular weight excluding hydrogens is 289 g/mol. The first-order valence-electron chi connectivity index (χ1n) is 4.61. The van der Waals surface area contributed by atoms with Gasteiger partial charge in [-0.1, -0.05) is 0 Å². The molecule has 0 aromatic heterocycles. The summed E-state index contributed by atoms with van der Waals surface area (Å²) >= 11 is 5.17. The van der Waals surface area contributed by atoms with Crippen molar-refractivity contribution < 1.29 is 22.9 Å². The maximum atomic E-state index is 12.7. The van der Waals surface area contributed by atoms with Crippen molar-refractivity contribution in [1.82, 2.24) is 0 Å². The number of nitrogens with zero attached hydrogens (tertiary/aromatic N) is 2. The van der Waals surface area contributed by atoms with Crippen molar-refractivity contribution >= 4 is 23.1 Å². The molecule has 0 amide bonds. The highest BCUT2D eigenvalue weighted by molar-refractivity contribution is 6.31. The number of alkyl halides is 4. The number of hydrogen-bond acceptors (Lipinski definition) is 4. The van der Waals surface area contributed by atoms with Crippen molar-refractivity contribution in [2.24, 2.45) is 0 Å². The summed E-state index contributed by atoms with van der Waals surface area (Å²) in [5, 5.41) is 19.4. The minimum atomic E-state index is -4.92. The first-order valence-corrected chi connectivity index (χ1v) is 5.15. The van der Waals surface area contributed by atoms with Crippen LogP contribution in [-0.2, 0) is 6.18 Å². The van der Waals surface area contributed by atoms with Gasteiger partial charge in [0.2, 0.25) is 0 Å². The fourth-order valence-corrected chi connectivity index (χ4v) is 1.58. The third-order valence-electron chi connectivity index (χ3n) is 2.20. The Balaban J connectivity index is 3.77. The van der Waals surface area contributed by atoms with Crippen molar-refractivity contribution in [3.05, 3.63) is 38.9 Å². The monoisotopic (exact) mass is 292 g/mol. The predicted octanol–water partition coefficient (Wildman–Crippen LogP) is 2.91. The van der Waals surface area contributed by atoms with Crippen LogP contribution >= 0.6 is 11.6 Å². The van der Waals surface area contributed by atoms with Crippen LogP contribution in [0.3, 0.4) is 0 Å². The Bertz CT molecular complexity index is 593. The van der Waals surface area contributed by atoms with Crippen LogP contribution < -0.4 is 0 Å². The van der Waals surface area contributed by atoms with Crippen molar-refractivity contribution in [3.63, 3.8) is 0 Å². The van der Waals surface area contributed by atoms with Gasteiger partial charge in [0.15, 0.2) is 5.78 Å². The quantitative estimate of drug-likeness (QED) is 0.371. The lowest BCUT2D eigenvalue weighted by atomic mass is 9.96. The number of nitriles is 1. The number of Topliss-reactive ketones (excluding diaryl/α,β-unsaturated/α-hetero) is 1. The third kappa shape index (κ3) is 2.82. The molecule has 1 aromatic rings. The van der Waals surface area contributed by atoms with Crippen molar-refractivity contribution in [2.75, 3.05) is 5.88 Å². The summed E-state index contributed by atoms with van der Waals surface area (Å²) in [7, 11) is 0. The molecule has 0 atom stereocenters. The molecule has 0 radical (unpaired) electrons. The standard InChI is InChI=1S/C10H4ClF3N2O3/c11-3-8(17)9-5(4-15)7(16(18)19)2-1-6(9)10(12,13)14/h1-2H,3H2. The van der Waals surface area contributed by atoms with E-state index in [2.05, 4.69) is 0 Å². The van der Waals surface area contributed by atoms with Crippen LogP contribution in [0.25, 0.3) is 0 Å². The number of carbonyl (C=O) groups excluding carboxylic acids is 1. The lowest BCUT2D eigenvalue weighted by molar-refractivity contribution is -0.385. The van der Waals surface area contributed by atoms with Crippen LogP contribution in [0.15, 0.2) is 12.1 Å². The predicted molar refractivity (Wildman–Crippen MR) is 57.9 cm³/mol. The fourth-order valence-electron chi connectivity index (χ4n) is 1.45. The Morgan fingerprint density at radius 2 is 2.05 bits per heavy atom. The van der Waals surface area contributed by atoms with E-state index in [4.69, 9.17) is 16.9 Å². The van der Waals surface area contributed by atoms with E-state index < -0.39 is 45.1 Å². The molecule has 0 heterocycles. The number of carbonyl (C=O) groups is 1. The molecule has 0 aliphatic rings. The molecule has 1 aromatic carbocycles. The van der Waals surface area contributed by atoms with Crippen LogP contribution in [0.1, 0.15) is 21.5 Å². The van der Waals surface area contributed by atoms with Crippen LogP contribution in [0.5, 0.6) is 0 Å². The van der Waals surface area contributed by atoms with Crippen LogP contribution in [0.4, 0.5) is 18.9 Å². The zero-order valence-corrected chi connectivity index (χ0v) is 9.75. The maximum absolute atomic E-state index is 12.7. The molecule has 0 N–H and O–H groups in total. The largest absolute Gasteiger partial charge is 0.417 e. The summed E-state index contributed by atoms with van der Waals surface area (Å²) < 4.78 is 38.2. The van der Waals surface area contributed by atoms with Crippen LogP contribution in [0.2, 0.25) is 0 Å². The number of nitro groups is 1. The van der Waals surface area contributed by atoms with E-state index in [0.29, 0.717) is 12.1 Å². The molecule has 0 saturated carbocycles. The lowest BCUT2D eigenvalue weighted by Gasteiger charge is -2.12. The molecule has 0 fully saturated rings. The Morgan fingerprint density at radius 1 is 1.47 bits per heavy atom. The number of benzene rings is 1. The first-order chi connectivity index (χ1) is 8.73. The van der Waals surface area contributed by atoms with Gasteiger partial charge >= 0.3 is 6.18 Å². The Kier molecular flexibility index (Phi) is 4.11. The zero-order chi connectivity index (χ0) is 14.8. The van der Waals surface area contributed by atoms with Gasteiger partial charge in [0.1, 0.15) is 11.6 Å². The molecule has 100 valence electrons. The van der Waals surface area contributed by atoms with Crippen molar-refractivity contribution in [3.8, 4) is 6.07 Å². The summed E-state index contributed by atoms with van der Waals surface area (Å²) in [6.07, 6.45) is -4.92. The highest BCUT2D eigenvalue weighted by Crippen LogP contribution is 2.36. The average molecular weight is 293 g/mol. The second-order valence-corrected chi connectivity index (χ2v) is 3.57. The molecule has 0 aliphatic heterocycles. The highest BCUT2D eigenvalue weighted by atomic mass is 35.5. The van der Waals surface area contributed by atoms with Crippen molar-refractivity contribution in [2.45, 2.75) is 6.18 Å². The van der Waals surface area contributed by atoms with Gasteiger partial charge in [-0.05, 0) is 6.07 Å². The molecule has 5 nitrogen and oxygen atoms in total. The van der Waals surface area contributed by atoms with Gasteiger partial charge in [-0.2, -0.15) is 18.4 Å². The van der Waals surface area contributed by atoms with Gasteiger partial charge < -0.3 is 0 Å². The van der Waals surface area contributed by atoms with Crippen LogP contribution in [0, 0.1) is 21.4 Å². The Labute approximate surface area is 109 Å². The van der Waals surface area contributed by atoms with E-state index in [1.807, 2.05) is 0 Å². The second-order valence-electron chi connectivity index (χ2n) is 3.31. The molecule has 0 bridgehead atoms. The summed E-state index contributed by atoms with van der Waals surface area (Å²) in [6.45, 7) is 0. The second kappa shape index (κ2) is 5.24. The molecule has 0 saturated heterocycles. The number of ketones is 1. The van der Waals surface area contributed by atoms with E-state index in [-0.39, 0.29) is 0 Å². The van der Waals surface area contributed by atoms with Gasteiger partial charge in [-0.15, -0.1) is 11.6 Å². The molecule has 9 heteroatoms. The third-order valence-corrected chi connectivity index (χ3v) is 2.44. The van der Waals surface area contributed by atoms with E-state index in [1.54, 1.807) is 0 Å². The van der Waals surface area contributed by atoms with Crippen molar-refractivity contribution in [1.29, 1.82) is 5.26 Å². The average Bonchev–Trinajstić information content (AvgIpc) is 2.34. The van der Waals surface area contributed by atoms with Crippen LogP contribution in [-0.4, -0.2) is 16.6 Å². The minimum Gasteiger partial charge on any atom is -0.293 e. The smallest absolute Gasteiger partial charge is 0.293 e. The van der Waals surface area contributed by atoms with Gasteiger partial charge in [0, 0.05) is 6.07 Å². The van der Waals surface area contributed by atoms with E-state index in [9.17, 15) is 28.1 Å². The minimum absolute atomic E-state index is 0.388. The fraction of sp³-hybridized carbons (Fsp3) is 0.200. The Morgan fingerprint density at radius 3 is 2.42 bits per heavy atom. The SMILES string of the molecule is N#Cc1c([N+](=O)[O-])ccc(C(F)(F)F)c1C(=O)CCl. The molecule has 0 aliphatic carbocycles. The maximum Gasteiger partial charge on any atom is 0.417 e. The van der Waals surface area contributed by atoms with Gasteiger partial charge in [0.05, 0.1) is 21.9 Å². The number of halogens is 4. The number of hydrogen-bond donors (Lipinski definition) is 0.